The Labute approximate surface area is 153 Å². The molecule has 0 unspecified atom stereocenters. The van der Waals surface area contributed by atoms with E-state index in [1.165, 1.54) is 11.1 Å². The number of rotatable bonds is 7. The van der Waals surface area contributed by atoms with Crippen LogP contribution in [-0.4, -0.2) is 37.2 Å². The zero-order chi connectivity index (χ0) is 18.7. The number of hydrogen-bond acceptors (Lipinski definition) is 4. The minimum Gasteiger partial charge on any atom is -0.356 e. The molecule has 3 rings (SSSR count). The Balaban J connectivity index is 1.44. The second-order valence-corrected chi connectivity index (χ2v) is 6.72. The highest BCUT2D eigenvalue weighted by Gasteiger charge is 2.09. The molecule has 0 spiro atoms. The predicted octanol–water partition coefficient (Wildman–Crippen LogP) is 2.53. The van der Waals surface area contributed by atoms with Crippen molar-refractivity contribution in [1.29, 1.82) is 0 Å². The number of nitrogens with one attached hydrogen (secondary N) is 2. The summed E-state index contributed by atoms with van der Waals surface area (Å²) in [4.78, 5) is 24.3. The number of amides is 1. The van der Waals surface area contributed by atoms with Gasteiger partial charge in [-0.05, 0) is 51.3 Å². The van der Waals surface area contributed by atoms with Crippen molar-refractivity contribution in [1.82, 2.24) is 30.0 Å². The summed E-state index contributed by atoms with van der Waals surface area (Å²) < 4.78 is 1.88. The molecule has 7 heteroatoms. The summed E-state index contributed by atoms with van der Waals surface area (Å²) >= 11 is 0. The molecule has 3 aromatic rings. The van der Waals surface area contributed by atoms with E-state index >= 15 is 0 Å². The van der Waals surface area contributed by atoms with Gasteiger partial charge >= 0.3 is 0 Å². The smallest absolute Gasteiger partial charge is 0.220 e. The summed E-state index contributed by atoms with van der Waals surface area (Å²) in [5.74, 6) is 2.59. The second kappa shape index (κ2) is 7.68. The molecule has 1 amide bonds. The van der Waals surface area contributed by atoms with E-state index in [1.807, 2.05) is 24.6 Å². The third kappa shape index (κ3) is 4.09. The van der Waals surface area contributed by atoms with Crippen molar-refractivity contribution >= 4 is 16.9 Å². The number of aromatic amines is 1. The molecule has 0 aliphatic carbocycles. The first kappa shape index (κ1) is 18.1. The zero-order valence-corrected chi connectivity index (χ0v) is 15.9. The van der Waals surface area contributed by atoms with Gasteiger partial charge < -0.3 is 10.3 Å². The highest BCUT2D eigenvalue weighted by atomic mass is 16.1. The highest BCUT2D eigenvalue weighted by molar-refractivity contribution is 5.80. The lowest BCUT2D eigenvalue weighted by atomic mass is 10.1. The van der Waals surface area contributed by atoms with Crippen LogP contribution >= 0.6 is 0 Å². The van der Waals surface area contributed by atoms with E-state index in [4.69, 9.17) is 0 Å². The van der Waals surface area contributed by atoms with Gasteiger partial charge in [-0.25, -0.2) is 9.97 Å². The Bertz CT molecular complexity index is 924. The molecule has 0 aliphatic rings. The van der Waals surface area contributed by atoms with Crippen molar-refractivity contribution < 1.29 is 4.79 Å². The maximum absolute atomic E-state index is 12.0. The summed E-state index contributed by atoms with van der Waals surface area (Å²) in [6.07, 6.45) is 1.87. The summed E-state index contributed by atoms with van der Waals surface area (Å²) in [6, 6.07) is 4.13. The van der Waals surface area contributed by atoms with Crippen LogP contribution in [0.25, 0.3) is 11.0 Å². The molecule has 0 saturated heterocycles. The Morgan fingerprint density at radius 1 is 1.19 bits per heavy atom. The maximum atomic E-state index is 12.0. The fraction of sp³-hybridized carbons (Fsp3) is 0.474. The van der Waals surface area contributed by atoms with Crippen LogP contribution in [0, 0.1) is 27.7 Å². The lowest BCUT2D eigenvalue weighted by Crippen LogP contribution is -2.25. The summed E-state index contributed by atoms with van der Waals surface area (Å²) in [5.41, 5.74) is 4.44. The van der Waals surface area contributed by atoms with Crippen LogP contribution in [0.5, 0.6) is 0 Å². The number of benzene rings is 1. The molecule has 0 atom stereocenters. The van der Waals surface area contributed by atoms with Crippen molar-refractivity contribution in [3.63, 3.8) is 0 Å². The summed E-state index contributed by atoms with van der Waals surface area (Å²) in [6.45, 7) is 9.37. The molecular weight excluding hydrogens is 328 g/mol. The molecule has 2 N–H and O–H groups in total. The molecule has 26 heavy (non-hydrogen) atoms. The Morgan fingerprint density at radius 2 is 2.00 bits per heavy atom. The van der Waals surface area contributed by atoms with Gasteiger partial charge in [0.25, 0.3) is 0 Å². The second-order valence-electron chi connectivity index (χ2n) is 6.72. The Kier molecular flexibility index (Phi) is 5.35. The molecule has 1 aromatic carbocycles. The first-order chi connectivity index (χ1) is 12.4. The van der Waals surface area contributed by atoms with E-state index in [2.05, 4.69) is 45.3 Å². The largest absolute Gasteiger partial charge is 0.356 e. The van der Waals surface area contributed by atoms with Crippen molar-refractivity contribution in [3.8, 4) is 0 Å². The van der Waals surface area contributed by atoms with Crippen LogP contribution in [0.3, 0.4) is 0 Å². The van der Waals surface area contributed by atoms with Crippen LogP contribution in [-0.2, 0) is 17.8 Å². The topological polar surface area (TPSA) is 88.5 Å². The molecule has 7 nitrogen and oxygen atoms in total. The molecule has 0 fully saturated rings. The van der Waals surface area contributed by atoms with Crippen LogP contribution in [0.4, 0.5) is 0 Å². The number of H-pyrrole nitrogens is 1. The van der Waals surface area contributed by atoms with Gasteiger partial charge in [0.05, 0.1) is 11.0 Å². The maximum Gasteiger partial charge on any atom is 0.220 e. The van der Waals surface area contributed by atoms with E-state index in [0.29, 0.717) is 19.4 Å². The van der Waals surface area contributed by atoms with Gasteiger partial charge in [0.1, 0.15) is 17.5 Å². The Morgan fingerprint density at radius 3 is 2.73 bits per heavy atom. The zero-order valence-electron chi connectivity index (χ0n) is 15.9. The number of aromatic nitrogens is 5. The van der Waals surface area contributed by atoms with Gasteiger partial charge in [0.15, 0.2) is 0 Å². The van der Waals surface area contributed by atoms with Crippen LogP contribution < -0.4 is 5.32 Å². The predicted molar refractivity (Wildman–Crippen MR) is 101 cm³/mol. The highest BCUT2D eigenvalue weighted by Crippen LogP contribution is 2.19. The SMILES string of the molecule is Cc1nc(C)n(CCCNC(=O)CCc2nc3c(C)c(C)ccc3[nH]2)n1. The molecule has 0 aliphatic heterocycles. The minimum atomic E-state index is 0.0462. The molecule has 2 heterocycles. The molecule has 2 aromatic heterocycles. The fourth-order valence-corrected chi connectivity index (χ4v) is 3.03. The van der Waals surface area contributed by atoms with Gasteiger partial charge in [0, 0.05) is 25.9 Å². The normalized spacial score (nSPS) is 11.2. The lowest BCUT2D eigenvalue weighted by Gasteiger charge is -2.05. The van der Waals surface area contributed by atoms with Gasteiger partial charge in [-0.3, -0.25) is 9.48 Å². The molecule has 0 bridgehead atoms. The van der Waals surface area contributed by atoms with Crippen LogP contribution in [0.1, 0.15) is 41.4 Å². The number of aryl methyl sites for hydroxylation is 6. The van der Waals surface area contributed by atoms with Gasteiger partial charge in [-0.2, -0.15) is 5.10 Å². The van der Waals surface area contributed by atoms with Crippen LogP contribution in [0.15, 0.2) is 12.1 Å². The average molecular weight is 354 g/mol. The van der Waals surface area contributed by atoms with E-state index in [-0.39, 0.29) is 5.91 Å². The lowest BCUT2D eigenvalue weighted by molar-refractivity contribution is -0.121. The molecule has 138 valence electrons. The number of carbonyl (C=O) groups is 1. The van der Waals surface area contributed by atoms with E-state index in [0.717, 1.165) is 41.5 Å². The third-order valence-corrected chi connectivity index (χ3v) is 4.65. The first-order valence-corrected chi connectivity index (χ1v) is 9.03. The van der Waals surface area contributed by atoms with Gasteiger partial charge in [0.2, 0.25) is 5.91 Å². The monoisotopic (exact) mass is 354 g/mol. The first-order valence-electron chi connectivity index (χ1n) is 9.03. The minimum absolute atomic E-state index is 0.0462. The number of fused-ring (bicyclic) bond motifs is 1. The van der Waals surface area contributed by atoms with Gasteiger partial charge in [-0.15, -0.1) is 0 Å². The van der Waals surface area contributed by atoms with E-state index in [9.17, 15) is 4.79 Å². The standard InChI is InChI=1S/C19H26N6O/c1-12-6-7-16-19(13(12)2)23-17(22-16)8-9-18(26)20-10-5-11-25-15(4)21-14(3)24-25/h6-7H,5,8-11H2,1-4H3,(H,20,26)(H,22,23). The number of hydrogen-bond donors (Lipinski definition) is 2. The van der Waals surface area contributed by atoms with E-state index in [1.54, 1.807) is 0 Å². The molecule has 0 radical (unpaired) electrons. The van der Waals surface area contributed by atoms with Crippen molar-refractivity contribution in [2.24, 2.45) is 0 Å². The quantitative estimate of drug-likeness (QED) is 0.638. The van der Waals surface area contributed by atoms with E-state index < -0.39 is 0 Å². The summed E-state index contributed by atoms with van der Waals surface area (Å²) in [7, 11) is 0. The fourth-order valence-electron chi connectivity index (χ4n) is 3.03. The number of imidazole rings is 1. The number of carbonyl (C=O) groups excluding carboxylic acids is 1. The molecular formula is C19H26N6O. The Hall–Kier alpha value is -2.70. The van der Waals surface area contributed by atoms with Crippen molar-refractivity contribution in [2.45, 2.75) is 53.5 Å². The van der Waals surface area contributed by atoms with Crippen molar-refractivity contribution in [3.05, 3.63) is 40.7 Å². The summed E-state index contributed by atoms with van der Waals surface area (Å²) in [5, 5.41) is 7.28. The van der Waals surface area contributed by atoms with Crippen LogP contribution in [0.2, 0.25) is 0 Å². The van der Waals surface area contributed by atoms with Gasteiger partial charge in [-0.1, -0.05) is 6.07 Å². The third-order valence-electron chi connectivity index (χ3n) is 4.65. The average Bonchev–Trinajstić information content (AvgIpc) is 3.16. The van der Waals surface area contributed by atoms with Crippen molar-refractivity contribution in [2.75, 3.05) is 6.54 Å². The number of nitrogens with zero attached hydrogens (tertiary/aromatic N) is 4. The molecule has 0 saturated carbocycles.